The summed E-state index contributed by atoms with van der Waals surface area (Å²) in [7, 11) is 1.38. The lowest BCUT2D eigenvalue weighted by Gasteiger charge is -1.97. The summed E-state index contributed by atoms with van der Waals surface area (Å²) in [5, 5.41) is 0. The molecular formula is C16H13IO2. The van der Waals surface area contributed by atoms with Crippen molar-refractivity contribution in [3.05, 3.63) is 69.3 Å². The summed E-state index contributed by atoms with van der Waals surface area (Å²) in [6, 6.07) is 16.8. The van der Waals surface area contributed by atoms with E-state index in [-0.39, 0.29) is 5.97 Å². The number of esters is 1. The van der Waals surface area contributed by atoms with Crippen molar-refractivity contribution in [3.8, 4) is 12.3 Å². The molecule has 0 fully saturated rings. The molecule has 96 valence electrons. The van der Waals surface area contributed by atoms with E-state index in [9.17, 15) is 4.79 Å². The van der Waals surface area contributed by atoms with Gasteiger partial charge in [0.25, 0.3) is 0 Å². The second-order valence-corrected chi connectivity index (χ2v) is 4.75. The molecule has 3 heteroatoms. The first-order valence-corrected chi connectivity index (χ1v) is 6.60. The van der Waals surface area contributed by atoms with Gasteiger partial charge in [0.05, 0.1) is 12.7 Å². The van der Waals surface area contributed by atoms with Crippen LogP contribution in [0.5, 0.6) is 0 Å². The Morgan fingerprint density at radius 2 is 1.68 bits per heavy atom. The Morgan fingerprint density at radius 1 is 1.11 bits per heavy atom. The Kier molecular flexibility index (Phi) is 6.69. The summed E-state index contributed by atoms with van der Waals surface area (Å²) in [6.07, 6.45) is 5.10. The van der Waals surface area contributed by atoms with Gasteiger partial charge in [0, 0.05) is 9.13 Å². The summed E-state index contributed by atoms with van der Waals surface area (Å²) in [6.45, 7) is 0. The highest BCUT2D eigenvalue weighted by molar-refractivity contribution is 14.1. The Morgan fingerprint density at radius 3 is 2.11 bits per heavy atom. The van der Waals surface area contributed by atoms with Gasteiger partial charge in [0.2, 0.25) is 0 Å². The zero-order valence-corrected chi connectivity index (χ0v) is 12.6. The van der Waals surface area contributed by atoms with Crippen LogP contribution in [0.4, 0.5) is 0 Å². The maximum atomic E-state index is 10.9. The van der Waals surface area contributed by atoms with Crippen molar-refractivity contribution in [2.75, 3.05) is 7.11 Å². The molecule has 2 aromatic carbocycles. The van der Waals surface area contributed by atoms with Gasteiger partial charge in [0.1, 0.15) is 0 Å². The van der Waals surface area contributed by atoms with Gasteiger partial charge in [-0.05, 0) is 59.0 Å². The Bertz CT molecular complexity index is 554. The van der Waals surface area contributed by atoms with Gasteiger partial charge in [-0.15, -0.1) is 6.42 Å². The van der Waals surface area contributed by atoms with Crippen LogP contribution >= 0.6 is 22.6 Å². The lowest BCUT2D eigenvalue weighted by Crippen LogP contribution is -2.00. The van der Waals surface area contributed by atoms with E-state index < -0.39 is 0 Å². The number of benzene rings is 2. The zero-order chi connectivity index (χ0) is 14.1. The molecule has 2 aromatic rings. The van der Waals surface area contributed by atoms with E-state index in [0.717, 1.165) is 9.13 Å². The molecule has 0 atom stereocenters. The molecule has 0 aromatic heterocycles. The average molecular weight is 364 g/mol. The smallest absolute Gasteiger partial charge is 0.337 e. The van der Waals surface area contributed by atoms with Crippen LogP contribution in [-0.4, -0.2) is 13.1 Å². The fourth-order valence-electron chi connectivity index (χ4n) is 1.24. The number of hydrogen-bond acceptors (Lipinski definition) is 2. The monoisotopic (exact) mass is 364 g/mol. The third-order valence-corrected chi connectivity index (χ3v) is 2.92. The molecule has 0 saturated carbocycles. The van der Waals surface area contributed by atoms with Crippen LogP contribution in [0.3, 0.4) is 0 Å². The Labute approximate surface area is 126 Å². The number of methoxy groups -OCH3 is 1. The van der Waals surface area contributed by atoms with Crippen LogP contribution in [0.1, 0.15) is 15.9 Å². The highest BCUT2D eigenvalue weighted by Gasteiger charge is 2.02. The van der Waals surface area contributed by atoms with Gasteiger partial charge in [-0.1, -0.05) is 24.1 Å². The number of terminal acetylenes is 1. The van der Waals surface area contributed by atoms with Gasteiger partial charge in [-0.3, -0.25) is 0 Å². The van der Waals surface area contributed by atoms with E-state index in [0.29, 0.717) is 5.56 Å². The average Bonchev–Trinajstić information content (AvgIpc) is 2.48. The van der Waals surface area contributed by atoms with Gasteiger partial charge in [-0.2, -0.15) is 0 Å². The molecule has 2 rings (SSSR count). The summed E-state index contributed by atoms with van der Waals surface area (Å²) >= 11 is 2.18. The first-order chi connectivity index (χ1) is 9.17. The van der Waals surface area contributed by atoms with Gasteiger partial charge < -0.3 is 4.74 Å². The molecule has 0 radical (unpaired) electrons. The molecule has 0 spiro atoms. The molecule has 0 aliphatic rings. The molecule has 0 aliphatic carbocycles. The van der Waals surface area contributed by atoms with Crippen molar-refractivity contribution in [2.24, 2.45) is 0 Å². The molecular weight excluding hydrogens is 351 g/mol. The zero-order valence-electron chi connectivity index (χ0n) is 10.5. The van der Waals surface area contributed by atoms with Crippen LogP contribution in [0, 0.1) is 15.9 Å². The SMILES string of the molecule is C#Cc1ccccc1.COC(=O)c1ccc(I)cc1. The number of halogens is 1. The minimum absolute atomic E-state index is 0.290. The minimum Gasteiger partial charge on any atom is -0.465 e. The summed E-state index contributed by atoms with van der Waals surface area (Å²) in [5.41, 5.74) is 1.53. The van der Waals surface area contributed by atoms with Gasteiger partial charge >= 0.3 is 5.97 Å². The third kappa shape index (κ3) is 5.58. The van der Waals surface area contributed by atoms with E-state index in [1.807, 2.05) is 42.5 Å². The fourth-order valence-corrected chi connectivity index (χ4v) is 1.60. The number of carbonyl (C=O) groups is 1. The largest absolute Gasteiger partial charge is 0.465 e. The van der Waals surface area contributed by atoms with E-state index in [4.69, 9.17) is 6.42 Å². The van der Waals surface area contributed by atoms with Crippen molar-refractivity contribution in [2.45, 2.75) is 0 Å². The van der Waals surface area contributed by atoms with Crippen molar-refractivity contribution in [3.63, 3.8) is 0 Å². The summed E-state index contributed by atoms with van der Waals surface area (Å²) < 4.78 is 5.64. The highest BCUT2D eigenvalue weighted by atomic mass is 127. The first kappa shape index (κ1) is 15.3. The molecule has 0 saturated heterocycles. The first-order valence-electron chi connectivity index (χ1n) is 5.53. The second kappa shape index (κ2) is 8.33. The van der Waals surface area contributed by atoms with E-state index in [2.05, 4.69) is 33.2 Å². The van der Waals surface area contributed by atoms with Crippen molar-refractivity contribution < 1.29 is 9.53 Å². The number of hydrogen-bond donors (Lipinski definition) is 0. The molecule has 0 heterocycles. The molecule has 0 N–H and O–H groups in total. The molecule has 0 amide bonds. The maximum Gasteiger partial charge on any atom is 0.337 e. The van der Waals surface area contributed by atoms with Crippen molar-refractivity contribution in [1.82, 2.24) is 0 Å². The number of ether oxygens (including phenoxy) is 1. The number of rotatable bonds is 1. The molecule has 2 nitrogen and oxygen atoms in total. The Hall–Kier alpha value is -1.80. The van der Waals surface area contributed by atoms with E-state index in [1.165, 1.54) is 7.11 Å². The van der Waals surface area contributed by atoms with E-state index in [1.54, 1.807) is 12.1 Å². The van der Waals surface area contributed by atoms with Crippen molar-refractivity contribution >= 4 is 28.6 Å². The standard InChI is InChI=1S/C8H7IO2.C8H6/c1-11-8(10)6-2-4-7(9)5-3-6;1-2-8-6-4-3-5-7-8/h2-5H,1H3;1,3-7H. The van der Waals surface area contributed by atoms with Crippen molar-refractivity contribution in [1.29, 1.82) is 0 Å². The summed E-state index contributed by atoms with van der Waals surface area (Å²) in [5.74, 6) is 2.24. The minimum atomic E-state index is -0.290. The molecule has 0 aliphatic heterocycles. The van der Waals surface area contributed by atoms with Crippen LogP contribution in [0.15, 0.2) is 54.6 Å². The molecule has 0 bridgehead atoms. The van der Waals surface area contributed by atoms with Crippen LogP contribution in [0.2, 0.25) is 0 Å². The topological polar surface area (TPSA) is 26.3 Å². The third-order valence-electron chi connectivity index (χ3n) is 2.21. The normalized spacial score (nSPS) is 8.68. The van der Waals surface area contributed by atoms with Gasteiger partial charge in [-0.25, -0.2) is 4.79 Å². The lowest BCUT2D eigenvalue weighted by molar-refractivity contribution is 0.0600. The summed E-state index contributed by atoms with van der Waals surface area (Å²) in [4.78, 5) is 10.9. The maximum absolute atomic E-state index is 10.9. The highest BCUT2D eigenvalue weighted by Crippen LogP contribution is 2.07. The second-order valence-electron chi connectivity index (χ2n) is 3.51. The van der Waals surface area contributed by atoms with Crippen LogP contribution < -0.4 is 0 Å². The predicted molar refractivity (Wildman–Crippen MR) is 84.9 cm³/mol. The predicted octanol–water partition coefficient (Wildman–Crippen LogP) is 3.75. The van der Waals surface area contributed by atoms with Crippen LogP contribution in [-0.2, 0) is 4.74 Å². The quantitative estimate of drug-likeness (QED) is 0.438. The lowest BCUT2D eigenvalue weighted by atomic mass is 10.2. The van der Waals surface area contributed by atoms with Gasteiger partial charge in [0.15, 0.2) is 0 Å². The number of carbonyl (C=O) groups excluding carboxylic acids is 1. The fraction of sp³-hybridized carbons (Fsp3) is 0.0625. The van der Waals surface area contributed by atoms with Crippen LogP contribution in [0.25, 0.3) is 0 Å². The van der Waals surface area contributed by atoms with E-state index >= 15 is 0 Å². The molecule has 19 heavy (non-hydrogen) atoms. The Balaban J connectivity index is 0.000000200. The molecule has 0 unspecified atom stereocenters.